The van der Waals surface area contributed by atoms with E-state index in [1.807, 2.05) is 35.9 Å². The van der Waals surface area contributed by atoms with Crippen molar-refractivity contribution in [1.82, 2.24) is 4.57 Å². The highest BCUT2D eigenvalue weighted by Crippen LogP contribution is 2.20. The molecule has 0 aliphatic heterocycles. The minimum Gasteiger partial charge on any atom is -0.478 e. The van der Waals surface area contributed by atoms with E-state index in [2.05, 4.69) is 6.07 Å². The molecular formula is C17H14FNO2. The van der Waals surface area contributed by atoms with Gasteiger partial charge in [-0.2, -0.15) is 0 Å². The number of carboxylic acid groups (broad SMARTS) is 1. The largest absolute Gasteiger partial charge is 0.478 e. The maximum atomic E-state index is 13.9. The molecule has 0 aliphatic carbocycles. The second-order valence-corrected chi connectivity index (χ2v) is 5.12. The molecule has 0 fully saturated rings. The summed E-state index contributed by atoms with van der Waals surface area (Å²) in [6.45, 7) is 2.33. The van der Waals surface area contributed by atoms with Crippen molar-refractivity contribution in [2.24, 2.45) is 0 Å². The van der Waals surface area contributed by atoms with Crippen LogP contribution in [0.1, 0.15) is 21.5 Å². The number of hydrogen-bond acceptors (Lipinski definition) is 1. The third-order valence-electron chi connectivity index (χ3n) is 3.56. The van der Waals surface area contributed by atoms with Crippen LogP contribution in [-0.2, 0) is 6.54 Å². The van der Waals surface area contributed by atoms with Gasteiger partial charge in [0.25, 0.3) is 0 Å². The predicted molar refractivity (Wildman–Crippen MR) is 79.1 cm³/mol. The van der Waals surface area contributed by atoms with Gasteiger partial charge in [-0.15, -0.1) is 0 Å². The quantitative estimate of drug-likeness (QED) is 0.793. The third kappa shape index (κ3) is 2.52. The van der Waals surface area contributed by atoms with E-state index in [0.717, 1.165) is 10.9 Å². The Morgan fingerprint density at radius 2 is 2.00 bits per heavy atom. The Labute approximate surface area is 121 Å². The van der Waals surface area contributed by atoms with Crippen LogP contribution in [0.5, 0.6) is 0 Å². The Hall–Kier alpha value is -2.62. The van der Waals surface area contributed by atoms with E-state index in [1.54, 1.807) is 0 Å². The Kier molecular flexibility index (Phi) is 3.22. The Morgan fingerprint density at radius 3 is 2.76 bits per heavy atom. The normalized spacial score (nSPS) is 11.0. The summed E-state index contributed by atoms with van der Waals surface area (Å²) in [4.78, 5) is 11.0. The lowest BCUT2D eigenvalue weighted by Crippen LogP contribution is -2.04. The van der Waals surface area contributed by atoms with Gasteiger partial charge in [0.1, 0.15) is 5.82 Å². The molecule has 0 atom stereocenters. The van der Waals surface area contributed by atoms with Crippen LogP contribution in [0, 0.1) is 12.7 Å². The molecular weight excluding hydrogens is 269 g/mol. The number of nitrogens with zero attached hydrogens (tertiary/aromatic N) is 1. The van der Waals surface area contributed by atoms with Crippen LogP contribution in [0.2, 0.25) is 0 Å². The van der Waals surface area contributed by atoms with Gasteiger partial charge in [0.15, 0.2) is 0 Å². The molecule has 3 rings (SSSR count). The number of aryl methyl sites for hydroxylation is 1. The first-order valence-electron chi connectivity index (χ1n) is 6.62. The molecule has 0 amide bonds. The zero-order valence-electron chi connectivity index (χ0n) is 11.5. The number of rotatable bonds is 3. The fourth-order valence-corrected chi connectivity index (χ4v) is 2.47. The molecule has 0 bridgehead atoms. The molecule has 21 heavy (non-hydrogen) atoms. The second-order valence-electron chi connectivity index (χ2n) is 5.12. The molecule has 3 aromatic rings. The topological polar surface area (TPSA) is 42.2 Å². The first-order chi connectivity index (χ1) is 10.0. The van der Waals surface area contributed by atoms with E-state index in [0.29, 0.717) is 12.1 Å². The summed E-state index contributed by atoms with van der Waals surface area (Å²) in [5, 5.41) is 10.1. The molecule has 0 spiro atoms. The van der Waals surface area contributed by atoms with Crippen LogP contribution >= 0.6 is 0 Å². The molecule has 0 radical (unpaired) electrons. The van der Waals surface area contributed by atoms with Crippen LogP contribution in [0.15, 0.2) is 48.7 Å². The fourth-order valence-electron chi connectivity index (χ4n) is 2.47. The molecule has 3 nitrogen and oxygen atoms in total. The van der Waals surface area contributed by atoms with Gasteiger partial charge in [-0.25, -0.2) is 9.18 Å². The number of benzene rings is 2. The summed E-state index contributed by atoms with van der Waals surface area (Å²) in [7, 11) is 0. The van der Waals surface area contributed by atoms with Crippen LogP contribution in [0.25, 0.3) is 10.9 Å². The maximum absolute atomic E-state index is 13.9. The van der Waals surface area contributed by atoms with Gasteiger partial charge in [0.05, 0.1) is 12.1 Å². The SMILES string of the molecule is Cc1ccc2c(ccn2Cc2cc(C(=O)O)ccc2F)c1. The van der Waals surface area contributed by atoms with Gasteiger partial charge in [-0.1, -0.05) is 11.6 Å². The van der Waals surface area contributed by atoms with E-state index in [1.165, 1.54) is 23.8 Å². The van der Waals surface area contributed by atoms with E-state index in [-0.39, 0.29) is 5.56 Å². The molecule has 106 valence electrons. The molecule has 1 N–H and O–H groups in total. The average Bonchev–Trinajstić information content (AvgIpc) is 2.83. The van der Waals surface area contributed by atoms with Crippen molar-refractivity contribution in [1.29, 1.82) is 0 Å². The molecule has 0 unspecified atom stereocenters. The lowest BCUT2D eigenvalue weighted by atomic mass is 10.1. The molecule has 0 saturated carbocycles. The molecule has 0 aliphatic rings. The van der Waals surface area contributed by atoms with Crippen molar-refractivity contribution in [3.05, 3.63) is 71.2 Å². The Balaban J connectivity index is 2.02. The highest BCUT2D eigenvalue weighted by Gasteiger charge is 2.10. The third-order valence-corrected chi connectivity index (χ3v) is 3.56. The highest BCUT2D eigenvalue weighted by atomic mass is 19.1. The van der Waals surface area contributed by atoms with Gasteiger partial charge < -0.3 is 9.67 Å². The minimum atomic E-state index is -1.05. The van der Waals surface area contributed by atoms with Crippen molar-refractivity contribution >= 4 is 16.9 Å². The smallest absolute Gasteiger partial charge is 0.335 e. The van der Waals surface area contributed by atoms with Crippen molar-refractivity contribution in [2.45, 2.75) is 13.5 Å². The number of aromatic nitrogens is 1. The molecule has 1 heterocycles. The summed E-state index contributed by atoms with van der Waals surface area (Å²) >= 11 is 0. The van der Waals surface area contributed by atoms with E-state index in [4.69, 9.17) is 5.11 Å². The molecule has 4 heteroatoms. The zero-order valence-corrected chi connectivity index (χ0v) is 11.5. The van der Waals surface area contributed by atoms with E-state index < -0.39 is 11.8 Å². The average molecular weight is 283 g/mol. The van der Waals surface area contributed by atoms with Gasteiger partial charge in [-0.05, 0) is 48.7 Å². The van der Waals surface area contributed by atoms with Crippen molar-refractivity contribution in [3.63, 3.8) is 0 Å². The van der Waals surface area contributed by atoms with Crippen molar-refractivity contribution in [3.8, 4) is 0 Å². The first-order valence-corrected chi connectivity index (χ1v) is 6.62. The first kappa shape index (κ1) is 13.4. The van der Waals surface area contributed by atoms with Crippen molar-refractivity contribution in [2.75, 3.05) is 0 Å². The number of carbonyl (C=O) groups is 1. The molecule has 0 saturated heterocycles. The van der Waals surface area contributed by atoms with Gasteiger partial charge in [-0.3, -0.25) is 0 Å². The Morgan fingerprint density at radius 1 is 1.19 bits per heavy atom. The second kappa shape index (κ2) is 5.05. The van der Waals surface area contributed by atoms with Gasteiger partial charge in [0.2, 0.25) is 0 Å². The number of hydrogen-bond donors (Lipinski definition) is 1. The minimum absolute atomic E-state index is 0.0960. The molecule has 2 aromatic carbocycles. The van der Waals surface area contributed by atoms with E-state index >= 15 is 0 Å². The van der Waals surface area contributed by atoms with Crippen LogP contribution in [-0.4, -0.2) is 15.6 Å². The lowest BCUT2D eigenvalue weighted by Gasteiger charge is -2.08. The number of carboxylic acids is 1. The van der Waals surface area contributed by atoms with Crippen LogP contribution < -0.4 is 0 Å². The van der Waals surface area contributed by atoms with Crippen LogP contribution in [0.4, 0.5) is 4.39 Å². The number of fused-ring (bicyclic) bond motifs is 1. The van der Waals surface area contributed by atoms with Crippen LogP contribution in [0.3, 0.4) is 0 Å². The fraction of sp³-hybridized carbons (Fsp3) is 0.118. The summed E-state index contributed by atoms with van der Waals surface area (Å²) in [6, 6.07) is 11.9. The number of aromatic carboxylic acids is 1. The summed E-state index contributed by atoms with van der Waals surface area (Å²) < 4.78 is 15.8. The van der Waals surface area contributed by atoms with E-state index in [9.17, 15) is 9.18 Å². The van der Waals surface area contributed by atoms with Gasteiger partial charge in [0, 0.05) is 17.3 Å². The predicted octanol–water partition coefficient (Wildman–Crippen LogP) is 3.84. The summed E-state index contributed by atoms with van der Waals surface area (Å²) in [6.07, 6.45) is 1.89. The van der Waals surface area contributed by atoms with Crippen molar-refractivity contribution < 1.29 is 14.3 Å². The Bertz CT molecular complexity index is 836. The maximum Gasteiger partial charge on any atom is 0.335 e. The highest BCUT2D eigenvalue weighted by molar-refractivity contribution is 5.87. The van der Waals surface area contributed by atoms with Gasteiger partial charge >= 0.3 is 5.97 Å². The standard InChI is InChI=1S/C17H14FNO2/c1-11-2-5-16-12(8-11)6-7-19(16)10-14-9-13(17(20)21)3-4-15(14)18/h2-9H,10H2,1H3,(H,20,21). The zero-order chi connectivity index (χ0) is 15.0. The summed E-state index contributed by atoms with van der Waals surface area (Å²) in [5.74, 6) is -1.45. The lowest BCUT2D eigenvalue weighted by molar-refractivity contribution is 0.0696. The molecule has 1 aromatic heterocycles. The number of halogens is 1. The summed E-state index contributed by atoms with van der Waals surface area (Å²) in [5.41, 5.74) is 2.63. The monoisotopic (exact) mass is 283 g/mol.